The molecule has 0 aliphatic heterocycles. The van der Waals surface area contributed by atoms with Gasteiger partial charge in [-0.15, -0.1) is 0 Å². The van der Waals surface area contributed by atoms with Crippen LogP contribution in [0.1, 0.15) is 45.5 Å². The molecule has 2 amide bonds. The highest BCUT2D eigenvalue weighted by molar-refractivity contribution is 5.97. The van der Waals surface area contributed by atoms with Crippen molar-refractivity contribution in [3.63, 3.8) is 0 Å². The highest BCUT2D eigenvalue weighted by Gasteiger charge is 2.31. The Morgan fingerprint density at radius 1 is 0.756 bits per heavy atom. The molecule has 4 aromatic rings. The molecule has 41 heavy (non-hydrogen) atoms. The monoisotopic (exact) mass is 544 g/mol. The zero-order valence-electron chi connectivity index (χ0n) is 22.3. The van der Waals surface area contributed by atoms with E-state index in [1.54, 1.807) is 24.3 Å². The van der Waals surface area contributed by atoms with Gasteiger partial charge in [0, 0.05) is 22.6 Å². The van der Waals surface area contributed by atoms with Gasteiger partial charge >= 0.3 is 12.1 Å². The number of carbonyl (C=O) groups is 3. The second-order valence-corrected chi connectivity index (χ2v) is 9.74. The summed E-state index contributed by atoms with van der Waals surface area (Å²) in [4.78, 5) is 37.5. The van der Waals surface area contributed by atoms with Crippen LogP contribution in [0, 0.1) is 11.8 Å². The van der Waals surface area contributed by atoms with Crippen LogP contribution in [0.3, 0.4) is 0 Å². The van der Waals surface area contributed by atoms with Gasteiger partial charge in [0.05, 0.1) is 6.04 Å². The van der Waals surface area contributed by atoms with Crippen LogP contribution < -0.4 is 10.6 Å². The summed E-state index contributed by atoms with van der Waals surface area (Å²) in [6, 6.07) is 29.7. The maximum Gasteiger partial charge on any atom is 0.407 e. The van der Waals surface area contributed by atoms with Crippen molar-refractivity contribution in [3.05, 3.63) is 131 Å². The molecule has 1 aliphatic carbocycles. The average Bonchev–Trinajstić information content (AvgIpc) is 3.31. The summed E-state index contributed by atoms with van der Waals surface area (Å²) < 4.78 is 5.53. The lowest BCUT2D eigenvalue weighted by Crippen LogP contribution is -2.54. The molecule has 3 N–H and O–H groups in total. The van der Waals surface area contributed by atoms with E-state index in [9.17, 15) is 19.5 Å². The molecular formula is C34H28N2O5. The second kappa shape index (κ2) is 12.2. The quantitative estimate of drug-likeness (QED) is 0.278. The molecule has 0 fully saturated rings. The maximum atomic E-state index is 12.8. The Hall–Kier alpha value is -5.35. The van der Waals surface area contributed by atoms with E-state index >= 15 is 0 Å². The van der Waals surface area contributed by atoms with Crippen LogP contribution in [0.2, 0.25) is 0 Å². The Morgan fingerprint density at radius 2 is 1.29 bits per heavy atom. The summed E-state index contributed by atoms with van der Waals surface area (Å²) >= 11 is 0. The minimum Gasteiger partial charge on any atom is -0.480 e. The Labute approximate surface area is 238 Å². The number of carbonyl (C=O) groups excluding carboxylic acids is 2. The largest absolute Gasteiger partial charge is 0.480 e. The van der Waals surface area contributed by atoms with Gasteiger partial charge in [-0.25, -0.2) is 9.59 Å². The van der Waals surface area contributed by atoms with E-state index in [0.717, 1.165) is 27.8 Å². The predicted molar refractivity (Wildman–Crippen MR) is 155 cm³/mol. The van der Waals surface area contributed by atoms with Gasteiger partial charge in [-0.2, -0.15) is 0 Å². The molecule has 7 heteroatoms. The lowest BCUT2D eigenvalue weighted by Gasteiger charge is -2.23. The number of carboxylic acid groups (broad SMARTS) is 1. The zero-order valence-corrected chi connectivity index (χ0v) is 22.3. The van der Waals surface area contributed by atoms with Gasteiger partial charge in [0.15, 0.2) is 0 Å². The van der Waals surface area contributed by atoms with Crippen molar-refractivity contribution in [3.8, 4) is 23.0 Å². The van der Waals surface area contributed by atoms with Crippen molar-refractivity contribution in [2.75, 3.05) is 6.61 Å². The van der Waals surface area contributed by atoms with E-state index in [4.69, 9.17) is 4.74 Å². The van der Waals surface area contributed by atoms with Gasteiger partial charge in [-0.3, -0.25) is 4.79 Å². The molecule has 0 spiro atoms. The summed E-state index contributed by atoms with van der Waals surface area (Å²) in [5, 5.41) is 14.8. The second-order valence-electron chi connectivity index (χ2n) is 9.74. The Morgan fingerprint density at radius 3 is 1.88 bits per heavy atom. The van der Waals surface area contributed by atoms with Crippen LogP contribution in [-0.2, 0) is 9.53 Å². The smallest absolute Gasteiger partial charge is 0.407 e. The van der Waals surface area contributed by atoms with Crippen LogP contribution in [0.4, 0.5) is 4.79 Å². The summed E-state index contributed by atoms with van der Waals surface area (Å²) in [7, 11) is 0. The fourth-order valence-electron chi connectivity index (χ4n) is 4.91. The number of fused-ring (bicyclic) bond motifs is 3. The van der Waals surface area contributed by atoms with Gasteiger partial charge in [0.2, 0.25) is 0 Å². The van der Waals surface area contributed by atoms with Crippen molar-refractivity contribution in [2.24, 2.45) is 0 Å². The predicted octanol–water partition coefficient (Wildman–Crippen LogP) is 5.20. The molecule has 7 nitrogen and oxygen atoms in total. The molecule has 0 radical (unpaired) electrons. The summed E-state index contributed by atoms with van der Waals surface area (Å²) in [6.45, 7) is 1.60. The Bertz CT molecular complexity index is 1590. The third-order valence-corrected chi connectivity index (χ3v) is 7.01. The van der Waals surface area contributed by atoms with E-state index < -0.39 is 30.1 Å². The molecule has 2 atom stereocenters. The molecule has 0 bridgehead atoms. The Balaban J connectivity index is 1.18. The van der Waals surface area contributed by atoms with E-state index in [1.165, 1.54) is 6.92 Å². The molecule has 4 aromatic carbocycles. The van der Waals surface area contributed by atoms with Gasteiger partial charge in [-0.05, 0) is 65.6 Å². The van der Waals surface area contributed by atoms with Gasteiger partial charge in [0.1, 0.15) is 12.6 Å². The van der Waals surface area contributed by atoms with Gasteiger partial charge in [0.25, 0.3) is 5.91 Å². The number of hydrogen-bond donors (Lipinski definition) is 3. The molecule has 204 valence electrons. The summed E-state index contributed by atoms with van der Waals surface area (Å²) in [5.74, 6) is 4.09. The molecule has 0 unspecified atom stereocenters. The normalized spacial score (nSPS) is 13.0. The number of hydrogen-bond acceptors (Lipinski definition) is 4. The van der Waals surface area contributed by atoms with E-state index in [1.807, 2.05) is 78.9 Å². The summed E-state index contributed by atoms with van der Waals surface area (Å²) in [6.07, 6.45) is -0.763. The molecule has 1 aliphatic rings. The first-order chi connectivity index (χ1) is 19.9. The van der Waals surface area contributed by atoms with Crippen molar-refractivity contribution >= 4 is 18.0 Å². The van der Waals surface area contributed by atoms with E-state index in [2.05, 4.69) is 22.5 Å². The van der Waals surface area contributed by atoms with Crippen LogP contribution in [-0.4, -0.2) is 41.8 Å². The number of rotatable bonds is 7. The lowest BCUT2D eigenvalue weighted by atomic mass is 9.98. The van der Waals surface area contributed by atoms with Crippen LogP contribution >= 0.6 is 0 Å². The number of nitrogens with one attached hydrogen (secondary N) is 2. The van der Waals surface area contributed by atoms with Crippen molar-refractivity contribution in [1.82, 2.24) is 10.6 Å². The number of benzene rings is 4. The number of ether oxygens (including phenoxy) is 1. The first kappa shape index (κ1) is 27.2. The minimum absolute atomic E-state index is 0.0934. The molecule has 0 heterocycles. The SMILES string of the molecule is C[C@H](NC(=O)OCC1c2ccccc2-c2ccccc21)[C@H](NC(=O)c1ccc(C#Cc2ccccc2)cc1)C(=O)O. The number of carboxylic acids is 1. The Kier molecular flexibility index (Phi) is 8.12. The fourth-order valence-corrected chi connectivity index (χ4v) is 4.91. The number of aliphatic carboxylic acids is 1. The third kappa shape index (κ3) is 6.29. The van der Waals surface area contributed by atoms with Crippen molar-refractivity contribution < 1.29 is 24.2 Å². The van der Waals surface area contributed by atoms with Gasteiger partial charge < -0.3 is 20.5 Å². The minimum atomic E-state index is -1.37. The van der Waals surface area contributed by atoms with Crippen LogP contribution in [0.25, 0.3) is 11.1 Å². The average molecular weight is 545 g/mol. The zero-order chi connectivity index (χ0) is 28.8. The van der Waals surface area contributed by atoms with Crippen LogP contribution in [0.5, 0.6) is 0 Å². The fraction of sp³-hybridized carbons (Fsp3) is 0.147. The first-order valence-electron chi connectivity index (χ1n) is 13.2. The maximum absolute atomic E-state index is 12.8. The topological polar surface area (TPSA) is 105 Å². The van der Waals surface area contributed by atoms with Crippen LogP contribution in [0.15, 0.2) is 103 Å². The molecule has 0 saturated carbocycles. The van der Waals surface area contributed by atoms with Crippen molar-refractivity contribution in [1.29, 1.82) is 0 Å². The first-order valence-corrected chi connectivity index (χ1v) is 13.2. The molecule has 0 saturated heterocycles. The molecule has 5 rings (SSSR count). The van der Waals surface area contributed by atoms with E-state index in [-0.39, 0.29) is 18.1 Å². The van der Waals surface area contributed by atoms with Gasteiger partial charge in [-0.1, -0.05) is 78.6 Å². The highest BCUT2D eigenvalue weighted by Crippen LogP contribution is 2.44. The lowest BCUT2D eigenvalue weighted by molar-refractivity contribution is -0.139. The summed E-state index contributed by atoms with van der Waals surface area (Å²) in [5.41, 5.74) is 6.22. The number of amides is 2. The van der Waals surface area contributed by atoms with Crippen molar-refractivity contribution in [2.45, 2.75) is 24.9 Å². The van der Waals surface area contributed by atoms with E-state index in [0.29, 0.717) is 5.56 Å². The third-order valence-electron chi connectivity index (χ3n) is 7.01. The molecule has 0 aromatic heterocycles. The number of alkyl carbamates (subject to hydrolysis) is 1. The molecular weight excluding hydrogens is 516 g/mol. The standard InChI is InChI=1S/C34H28N2O5/c1-22(35-34(40)41-21-30-28-13-7-5-11-26(28)27-12-6-8-14-29(27)30)31(33(38)39)36-32(37)25-19-17-24(18-20-25)16-15-23-9-3-2-4-10-23/h2-14,17-20,22,30-31H,21H2,1H3,(H,35,40)(H,36,37)(H,38,39)/t22-,31-/m0/s1. The highest BCUT2D eigenvalue weighted by atomic mass is 16.5.